The fourth-order valence-electron chi connectivity index (χ4n) is 4.13. The van der Waals surface area contributed by atoms with Crippen molar-refractivity contribution >= 4 is 28.3 Å². The maximum absolute atomic E-state index is 6.60. The van der Waals surface area contributed by atoms with E-state index < -0.39 is 0 Å². The third-order valence-corrected chi connectivity index (χ3v) is 5.95. The molecule has 166 valence electrons. The Kier molecular flexibility index (Phi) is 5.71. The van der Waals surface area contributed by atoms with Crippen LogP contribution in [0.25, 0.3) is 28.1 Å². The fraction of sp³-hybridized carbons (Fsp3) is 0.375. The molecule has 0 saturated carbocycles. The minimum atomic E-state index is 0.0641. The van der Waals surface area contributed by atoms with Crippen LogP contribution in [-0.2, 0) is 11.3 Å². The summed E-state index contributed by atoms with van der Waals surface area (Å²) in [7, 11) is 0. The molecule has 2 aromatic heterocycles. The van der Waals surface area contributed by atoms with Crippen LogP contribution in [-0.4, -0.2) is 56.9 Å². The van der Waals surface area contributed by atoms with Gasteiger partial charge < -0.3 is 9.47 Å². The summed E-state index contributed by atoms with van der Waals surface area (Å²) in [4.78, 5) is 7.17. The molecule has 1 fully saturated rings. The summed E-state index contributed by atoms with van der Waals surface area (Å²) in [5.74, 6) is 1.43. The Labute approximate surface area is 191 Å². The number of rotatable bonds is 5. The molecule has 0 aliphatic carbocycles. The van der Waals surface area contributed by atoms with Crippen molar-refractivity contribution in [1.29, 1.82) is 0 Å². The predicted molar refractivity (Wildman–Crippen MR) is 125 cm³/mol. The lowest BCUT2D eigenvalue weighted by Gasteiger charge is -2.26. The highest BCUT2D eigenvalue weighted by Crippen LogP contribution is 2.33. The van der Waals surface area contributed by atoms with Gasteiger partial charge in [0.05, 0.1) is 41.1 Å². The van der Waals surface area contributed by atoms with Gasteiger partial charge in [0.1, 0.15) is 5.75 Å². The highest BCUT2D eigenvalue weighted by atomic mass is 35.5. The molecule has 2 aromatic carbocycles. The van der Waals surface area contributed by atoms with Crippen LogP contribution in [0.5, 0.6) is 5.75 Å². The lowest BCUT2D eigenvalue weighted by molar-refractivity contribution is 0.0342. The summed E-state index contributed by atoms with van der Waals surface area (Å²) in [5, 5.41) is 9.55. The van der Waals surface area contributed by atoms with E-state index in [0.717, 1.165) is 66.5 Å². The molecule has 0 bridgehead atoms. The number of nitrogens with zero attached hydrogens (tertiary/aromatic N) is 5. The Morgan fingerprint density at radius 3 is 2.69 bits per heavy atom. The second-order valence-electron chi connectivity index (χ2n) is 8.40. The van der Waals surface area contributed by atoms with E-state index in [1.165, 1.54) is 5.56 Å². The molecule has 8 heteroatoms. The average molecular weight is 452 g/mol. The van der Waals surface area contributed by atoms with Gasteiger partial charge in [-0.1, -0.05) is 17.7 Å². The molecule has 32 heavy (non-hydrogen) atoms. The highest BCUT2D eigenvalue weighted by molar-refractivity contribution is 6.33. The van der Waals surface area contributed by atoms with Gasteiger partial charge in [0.15, 0.2) is 11.5 Å². The van der Waals surface area contributed by atoms with Gasteiger partial charge in [0.2, 0.25) is 0 Å². The first-order valence-electron chi connectivity index (χ1n) is 10.9. The molecule has 0 amide bonds. The van der Waals surface area contributed by atoms with Crippen molar-refractivity contribution in [3.05, 3.63) is 52.7 Å². The monoisotopic (exact) mass is 451 g/mol. The van der Waals surface area contributed by atoms with E-state index >= 15 is 0 Å². The van der Waals surface area contributed by atoms with Crippen molar-refractivity contribution in [3.63, 3.8) is 0 Å². The molecular weight excluding hydrogens is 426 g/mol. The summed E-state index contributed by atoms with van der Waals surface area (Å²) >= 11 is 6.60. The average Bonchev–Trinajstić information content (AvgIpc) is 3.22. The van der Waals surface area contributed by atoms with E-state index in [2.05, 4.69) is 37.7 Å². The van der Waals surface area contributed by atoms with Crippen LogP contribution >= 0.6 is 11.6 Å². The van der Waals surface area contributed by atoms with Crippen LogP contribution in [0.2, 0.25) is 5.02 Å². The third kappa shape index (κ3) is 4.03. The Morgan fingerprint density at radius 2 is 1.91 bits per heavy atom. The number of fused-ring (bicyclic) bond motifs is 3. The van der Waals surface area contributed by atoms with Crippen molar-refractivity contribution in [3.8, 4) is 17.1 Å². The maximum atomic E-state index is 6.60. The number of aromatic nitrogens is 4. The Morgan fingerprint density at radius 1 is 1.09 bits per heavy atom. The zero-order valence-corrected chi connectivity index (χ0v) is 19.3. The standard InChI is InChI=1S/C24H26ClN5O2/c1-15(2)32-18-5-6-20(25)19(13-18)24-28-27-23-16(3)26-21-7-4-17(12-22(21)30(23)24)14-29-8-10-31-11-9-29/h4-7,12-13,15H,8-11,14H2,1-3H3. The SMILES string of the molecule is Cc1nc2ccc(CN3CCOCC3)cc2n2c(-c3cc(OC(C)C)ccc3Cl)nnc12. The summed E-state index contributed by atoms with van der Waals surface area (Å²) in [6.45, 7) is 10.3. The first-order valence-corrected chi connectivity index (χ1v) is 11.3. The van der Waals surface area contributed by atoms with E-state index in [1.807, 2.05) is 39.0 Å². The van der Waals surface area contributed by atoms with E-state index in [-0.39, 0.29) is 6.10 Å². The molecular formula is C24H26ClN5O2. The van der Waals surface area contributed by atoms with E-state index in [1.54, 1.807) is 0 Å². The number of ether oxygens (including phenoxy) is 2. The van der Waals surface area contributed by atoms with E-state index in [9.17, 15) is 0 Å². The first-order chi connectivity index (χ1) is 15.5. The first kappa shape index (κ1) is 21.1. The van der Waals surface area contributed by atoms with Crippen molar-refractivity contribution in [2.24, 2.45) is 0 Å². The van der Waals surface area contributed by atoms with Gasteiger partial charge in [-0.05, 0) is 56.7 Å². The van der Waals surface area contributed by atoms with Crippen LogP contribution in [0, 0.1) is 6.92 Å². The number of halogens is 1. The number of aryl methyl sites for hydroxylation is 1. The number of benzene rings is 2. The van der Waals surface area contributed by atoms with Gasteiger partial charge in [0.25, 0.3) is 0 Å². The summed E-state index contributed by atoms with van der Waals surface area (Å²) in [5.41, 5.74) is 5.40. The minimum Gasteiger partial charge on any atom is -0.491 e. The van der Waals surface area contributed by atoms with Gasteiger partial charge >= 0.3 is 0 Å². The van der Waals surface area contributed by atoms with Crippen LogP contribution in [0.4, 0.5) is 0 Å². The van der Waals surface area contributed by atoms with Gasteiger partial charge in [0, 0.05) is 25.2 Å². The zero-order valence-electron chi connectivity index (χ0n) is 18.5. The quantitative estimate of drug-likeness (QED) is 0.444. The molecule has 1 saturated heterocycles. The van der Waals surface area contributed by atoms with Crippen molar-refractivity contribution in [2.75, 3.05) is 26.3 Å². The molecule has 0 N–H and O–H groups in total. The second-order valence-corrected chi connectivity index (χ2v) is 8.81. The lowest BCUT2D eigenvalue weighted by Crippen LogP contribution is -2.35. The predicted octanol–water partition coefficient (Wildman–Crippen LogP) is 4.53. The summed E-state index contributed by atoms with van der Waals surface area (Å²) in [6, 6.07) is 12.0. The summed E-state index contributed by atoms with van der Waals surface area (Å²) < 4.78 is 13.4. The fourth-order valence-corrected chi connectivity index (χ4v) is 4.33. The molecule has 7 nitrogen and oxygen atoms in total. The van der Waals surface area contributed by atoms with Crippen LogP contribution in [0.15, 0.2) is 36.4 Å². The smallest absolute Gasteiger partial charge is 0.183 e. The Bertz CT molecular complexity index is 1280. The van der Waals surface area contributed by atoms with Crippen molar-refractivity contribution < 1.29 is 9.47 Å². The number of morpholine rings is 1. The van der Waals surface area contributed by atoms with E-state index in [4.69, 9.17) is 26.1 Å². The normalized spacial score (nSPS) is 15.2. The van der Waals surface area contributed by atoms with Crippen LogP contribution in [0.1, 0.15) is 25.1 Å². The molecule has 4 aromatic rings. The second kappa shape index (κ2) is 8.65. The molecule has 0 radical (unpaired) electrons. The highest BCUT2D eigenvalue weighted by Gasteiger charge is 2.18. The molecule has 1 aliphatic heterocycles. The third-order valence-electron chi connectivity index (χ3n) is 5.62. The number of hydrogen-bond donors (Lipinski definition) is 0. The van der Waals surface area contributed by atoms with Gasteiger partial charge in [-0.25, -0.2) is 4.98 Å². The Hall–Kier alpha value is -2.74. The van der Waals surface area contributed by atoms with Crippen molar-refractivity contribution in [2.45, 2.75) is 33.4 Å². The van der Waals surface area contributed by atoms with Gasteiger partial charge in [-0.15, -0.1) is 10.2 Å². The Balaban J connectivity index is 1.65. The molecule has 3 heterocycles. The van der Waals surface area contributed by atoms with Gasteiger partial charge in [-0.2, -0.15) is 0 Å². The molecule has 0 unspecified atom stereocenters. The molecule has 1 aliphatic rings. The zero-order chi connectivity index (χ0) is 22.2. The number of hydrogen-bond acceptors (Lipinski definition) is 6. The van der Waals surface area contributed by atoms with Crippen LogP contribution < -0.4 is 4.74 Å². The van der Waals surface area contributed by atoms with Crippen molar-refractivity contribution in [1.82, 2.24) is 24.5 Å². The van der Waals surface area contributed by atoms with Gasteiger partial charge in [-0.3, -0.25) is 9.30 Å². The lowest BCUT2D eigenvalue weighted by atomic mass is 10.1. The maximum Gasteiger partial charge on any atom is 0.183 e. The largest absolute Gasteiger partial charge is 0.491 e. The topological polar surface area (TPSA) is 64.8 Å². The summed E-state index contributed by atoms with van der Waals surface area (Å²) in [6.07, 6.45) is 0.0641. The molecule has 0 atom stereocenters. The minimum absolute atomic E-state index is 0.0641. The molecule has 5 rings (SSSR count). The van der Waals surface area contributed by atoms with Crippen LogP contribution in [0.3, 0.4) is 0 Å². The van der Waals surface area contributed by atoms with E-state index in [0.29, 0.717) is 10.8 Å². The molecule has 0 spiro atoms.